The van der Waals surface area contributed by atoms with Gasteiger partial charge in [0.2, 0.25) is 5.91 Å². The molecule has 10 heteroatoms. The summed E-state index contributed by atoms with van der Waals surface area (Å²) < 4.78 is 16.8. The van der Waals surface area contributed by atoms with Gasteiger partial charge in [-0.15, -0.1) is 0 Å². The number of halogens is 1. The lowest BCUT2D eigenvalue weighted by atomic mass is 9.97. The Morgan fingerprint density at radius 1 is 1.03 bits per heavy atom. The van der Waals surface area contributed by atoms with Crippen molar-refractivity contribution in [1.82, 2.24) is 29.9 Å². The average Bonchev–Trinajstić information content (AvgIpc) is 3.62. The molecular weight excluding hydrogens is 485 g/mol. The van der Waals surface area contributed by atoms with Gasteiger partial charge in [-0.3, -0.25) is 19.3 Å². The second kappa shape index (κ2) is 9.22. The predicted molar refractivity (Wildman–Crippen MR) is 139 cm³/mol. The monoisotopic (exact) mass is 509 g/mol. The number of nitrogens with zero attached hydrogens (tertiary/aromatic N) is 6. The van der Waals surface area contributed by atoms with E-state index in [0.29, 0.717) is 16.9 Å². The van der Waals surface area contributed by atoms with Crippen molar-refractivity contribution in [2.75, 3.05) is 4.90 Å². The molecule has 4 heterocycles. The van der Waals surface area contributed by atoms with Gasteiger partial charge in [0.05, 0.1) is 40.6 Å². The van der Waals surface area contributed by atoms with Gasteiger partial charge < -0.3 is 10.2 Å². The fraction of sp³-hybridized carbons (Fsp3) is 0.179. The van der Waals surface area contributed by atoms with Crippen LogP contribution in [0, 0.1) is 11.7 Å². The molecule has 3 atom stereocenters. The molecule has 0 aliphatic carbocycles. The summed E-state index contributed by atoms with van der Waals surface area (Å²) in [6.07, 6.45) is 6.63. The average molecular weight is 510 g/mol. The molecule has 2 amide bonds. The molecule has 2 aromatic carbocycles. The Morgan fingerprint density at radius 2 is 1.82 bits per heavy atom. The molecule has 1 aliphatic heterocycles. The summed E-state index contributed by atoms with van der Waals surface area (Å²) >= 11 is 0. The quantitative estimate of drug-likeness (QED) is 0.389. The van der Waals surface area contributed by atoms with E-state index in [-0.39, 0.29) is 17.6 Å². The van der Waals surface area contributed by atoms with Crippen molar-refractivity contribution in [2.45, 2.75) is 19.0 Å². The van der Waals surface area contributed by atoms with Crippen molar-refractivity contribution in [3.8, 4) is 5.69 Å². The summed E-state index contributed by atoms with van der Waals surface area (Å²) in [6, 6.07) is 15.9. The lowest BCUT2D eigenvalue weighted by Crippen LogP contribution is -2.42. The molecular formula is C28H24FN7O2. The van der Waals surface area contributed by atoms with Crippen LogP contribution in [0.4, 0.5) is 10.1 Å². The minimum Gasteiger partial charge on any atom is -0.346 e. The van der Waals surface area contributed by atoms with Gasteiger partial charge in [-0.25, -0.2) is 9.07 Å². The SMILES string of the molecule is C[C@@H]1C(=O)N(c2ccc3c(cnn3-c3ccc(F)cc3)c2)C(c2ccn(C)n2)[C@H]1NC(=O)c1cccnc1. The number of pyridine rings is 1. The van der Waals surface area contributed by atoms with E-state index >= 15 is 0 Å². The van der Waals surface area contributed by atoms with E-state index in [9.17, 15) is 14.0 Å². The summed E-state index contributed by atoms with van der Waals surface area (Å²) in [5.41, 5.74) is 3.30. The Labute approximate surface area is 217 Å². The van der Waals surface area contributed by atoms with Crippen molar-refractivity contribution in [3.63, 3.8) is 0 Å². The molecule has 5 aromatic rings. The van der Waals surface area contributed by atoms with E-state index in [1.165, 1.54) is 18.3 Å². The molecule has 6 rings (SSSR count). The second-order valence-electron chi connectivity index (χ2n) is 9.37. The first-order chi connectivity index (χ1) is 18.4. The summed E-state index contributed by atoms with van der Waals surface area (Å²) in [5, 5.41) is 12.9. The highest BCUT2D eigenvalue weighted by Gasteiger charge is 2.49. The van der Waals surface area contributed by atoms with Gasteiger partial charge >= 0.3 is 0 Å². The highest BCUT2D eigenvalue weighted by molar-refractivity contribution is 6.02. The first-order valence-corrected chi connectivity index (χ1v) is 12.2. The lowest BCUT2D eigenvalue weighted by Gasteiger charge is -2.27. The number of benzene rings is 2. The number of hydrogen-bond donors (Lipinski definition) is 1. The number of amides is 2. The molecule has 1 saturated heterocycles. The lowest BCUT2D eigenvalue weighted by molar-refractivity contribution is -0.120. The van der Waals surface area contributed by atoms with E-state index in [1.54, 1.807) is 50.9 Å². The molecule has 0 bridgehead atoms. The van der Waals surface area contributed by atoms with E-state index in [2.05, 4.69) is 20.5 Å². The van der Waals surface area contributed by atoms with Crippen molar-refractivity contribution in [3.05, 3.63) is 103 Å². The van der Waals surface area contributed by atoms with Crippen LogP contribution in [0.3, 0.4) is 0 Å². The van der Waals surface area contributed by atoms with E-state index in [1.807, 2.05) is 44.4 Å². The van der Waals surface area contributed by atoms with Crippen LogP contribution < -0.4 is 10.2 Å². The zero-order valence-corrected chi connectivity index (χ0v) is 20.7. The number of fused-ring (bicyclic) bond motifs is 1. The van der Waals surface area contributed by atoms with Crippen LogP contribution in [0.1, 0.15) is 29.0 Å². The number of aryl methyl sites for hydroxylation is 1. The number of anilines is 1. The molecule has 0 spiro atoms. The fourth-order valence-electron chi connectivity index (χ4n) is 5.03. The third-order valence-corrected chi connectivity index (χ3v) is 6.94. The van der Waals surface area contributed by atoms with Crippen molar-refractivity contribution in [2.24, 2.45) is 13.0 Å². The molecule has 9 nitrogen and oxygen atoms in total. The summed E-state index contributed by atoms with van der Waals surface area (Å²) in [6.45, 7) is 1.82. The third-order valence-electron chi connectivity index (χ3n) is 6.94. The van der Waals surface area contributed by atoms with E-state index in [4.69, 9.17) is 0 Å². The first-order valence-electron chi connectivity index (χ1n) is 12.2. The van der Waals surface area contributed by atoms with Crippen molar-refractivity contribution >= 4 is 28.4 Å². The number of hydrogen-bond acceptors (Lipinski definition) is 5. The molecule has 1 aliphatic rings. The normalized spacial score (nSPS) is 19.3. The maximum atomic E-state index is 13.7. The third kappa shape index (κ3) is 4.00. The van der Waals surface area contributed by atoms with E-state index < -0.39 is 18.0 Å². The Balaban J connectivity index is 1.39. The molecule has 1 unspecified atom stereocenters. The molecule has 3 aromatic heterocycles. The van der Waals surface area contributed by atoms with Crippen LogP contribution in [0.2, 0.25) is 0 Å². The summed E-state index contributed by atoms with van der Waals surface area (Å²) in [7, 11) is 1.81. The Morgan fingerprint density at radius 3 is 2.53 bits per heavy atom. The topological polar surface area (TPSA) is 97.9 Å². The number of aromatic nitrogens is 5. The highest BCUT2D eigenvalue weighted by atomic mass is 19.1. The molecule has 38 heavy (non-hydrogen) atoms. The second-order valence-corrected chi connectivity index (χ2v) is 9.37. The van der Waals surface area contributed by atoms with Gasteiger partial charge in [-0.05, 0) is 60.7 Å². The highest BCUT2D eigenvalue weighted by Crippen LogP contribution is 2.40. The maximum Gasteiger partial charge on any atom is 0.253 e. The van der Waals surface area contributed by atoms with Crippen LogP contribution in [0.15, 0.2) is 85.5 Å². The van der Waals surface area contributed by atoms with Gasteiger partial charge in [-0.2, -0.15) is 10.2 Å². The Bertz CT molecular complexity index is 1650. The molecule has 190 valence electrons. The van der Waals surface area contributed by atoms with Gasteiger partial charge in [0.25, 0.3) is 5.91 Å². The van der Waals surface area contributed by atoms with Crippen LogP contribution >= 0.6 is 0 Å². The molecule has 1 N–H and O–H groups in total. The van der Waals surface area contributed by atoms with Gasteiger partial charge in [0, 0.05) is 36.7 Å². The fourth-order valence-corrected chi connectivity index (χ4v) is 5.03. The minimum absolute atomic E-state index is 0.123. The summed E-state index contributed by atoms with van der Waals surface area (Å²) in [4.78, 5) is 32.5. The Kier molecular flexibility index (Phi) is 5.71. The standard InChI is InChI=1S/C28H24FN7O2/c1-17-25(32-27(37)18-4-3-12-30-15-18)26(23-11-13-34(2)33-23)35(28(17)38)22-9-10-24-19(14-22)16-31-36(24)21-7-5-20(29)6-8-21/h3-17,25-26H,1-2H3,(H,32,37)/t17-,25-,26?/m0/s1. The Hall–Kier alpha value is -4.86. The predicted octanol–water partition coefficient (Wildman–Crippen LogP) is 3.82. The van der Waals surface area contributed by atoms with Gasteiger partial charge in [0.1, 0.15) is 11.9 Å². The number of carbonyl (C=O) groups excluding carboxylic acids is 2. The minimum atomic E-state index is -0.525. The smallest absolute Gasteiger partial charge is 0.253 e. The van der Waals surface area contributed by atoms with Crippen molar-refractivity contribution < 1.29 is 14.0 Å². The molecule has 1 fully saturated rings. The van der Waals surface area contributed by atoms with Crippen LogP contribution in [0.5, 0.6) is 0 Å². The maximum absolute atomic E-state index is 13.7. The number of rotatable bonds is 5. The van der Waals surface area contributed by atoms with Gasteiger partial charge in [-0.1, -0.05) is 6.92 Å². The van der Waals surface area contributed by atoms with Crippen molar-refractivity contribution in [1.29, 1.82) is 0 Å². The zero-order valence-electron chi connectivity index (χ0n) is 20.7. The van der Waals surface area contributed by atoms with E-state index in [0.717, 1.165) is 16.6 Å². The first kappa shape index (κ1) is 23.5. The number of carbonyl (C=O) groups is 2. The largest absolute Gasteiger partial charge is 0.346 e. The van der Waals surface area contributed by atoms with Crippen LogP contribution in [-0.4, -0.2) is 42.4 Å². The van der Waals surface area contributed by atoms with Crippen LogP contribution in [-0.2, 0) is 11.8 Å². The molecule has 0 radical (unpaired) electrons. The van der Waals surface area contributed by atoms with Gasteiger partial charge in [0.15, 0.2) is 0 Å². The summed E-state index contributed by atoms with van der Waals surface area (Å²) in [5.74, 6) is -1.25. The van der Waals surface area contributed by atoms with Crippen LogP contribution in [0.25, 0.3) is 16.6 Å². The molecule has 0 saturated carbocycles. The zero-order chi connectivity index (χ0) is 26.4. The number of nitrogens with one attached hydrogen (secondary N) is 1.